The maximum Gasteiger partial charge on any atom is 0.166 e. The van der Waals surface area contributed by atoms with Crippen molar-refractivity contribution >= 4 is 17.4 Å². The molecule has 1 unspecified atom stereocenters. The summed E-state index contributed by atoms with van der Waals surface area (Å²) < 4.78 is 14.1. The standard InChI is InChI=1S/C14H14ClFN4O2/c1-2-22-20-13-11-9(6-17-14(11)21)18-12(19-13)10-7(15)4-3-5-8(10)16/h3-5,14,17,21H,2,6H2,1H3,(H,18,19,20). The second-order valence-corrected chi connectivity index (χ2v) is 5.08. The quantitative estimate of drug-likeness (QED) is 0.749. The van der Waals surface area contributed by atoms with Gasteiger partial charge in [-0.05, 0) is 19.1 Å². The molecule has 0 amide bonds. The zero-order valence-electron chi connectivity index (χ0n) is 11.7. The van der Waals surface area contributed by atoms with Gasteiger partial charge in [-0.15, -0.1) is 0 Å². The third-order valence-corrected chi connectivity index (χ3v) is 3.58. The van der Waals surface area contributed by atoms with Gasteiger partial charge in [-0.1, -0.05) is 17.7 Å². The lowest BCUT2D eigenvalue weighted by atomic mass is 10.1. The van der Waals surface area contributed by atoms with E-state index in [1.54, 1.807) is 13.0 Å². The summed E-state index contributed by atoms with van der Waals surface area (Å²) in [4.78, 5) is 13.7. The van der Waals surface area contributed by atoms with Crippen LogP contribution in [0.5, 0.6) is 0 Å². The lowest BCUT2D eigenvalue weighted by molar-refractivity contribution is 0.149. The van der Waals surface area contributed by atoms with Crippen LogP contribution < -0.4 is 10.8 Å². The molecule has 2 aromatic rings. The van der Waals surface area contributed by atoms with Crippen LogP contribution in [0.15, 0.2) is 18.2 Å². The molecule has 1 aromatic carbocycles. The van der Waals surface area contributed by atoms with Crippen molar-refractivity contribution in [3.05, 3.63) is 40.3 Å². The van der Waals surface area contributed by atoms with E-state index >= 15 is 0 Å². The van der Waals surface area contributed by atoms with Gasteiger partial charge in [0.05, 0.1) is 28.5 Å². The first-order chi connectivity index (χ1) is 10.6. The average Bonchev–Trinajstić information content (AvgIpc) is 2.86. The number of nitrogens with one attached hydrogen (secondary N) is 2. The van der Waals surface area contributed by atoms with Gasteiger partial charge in [0.15, 0.2) is 11.6 Å². The Morgan fingerprint density at radius 3 is 3.05 bits per heavy atom. The van der Waals surface area contributed by atoms with Crippen molar-refractivity contribution < 1.29 is 14.3 Å². The first kappa shape index (κ1) is 15.1. The summed E-state index contributed by atoms with van der Waals surface area (Å²) in [5.74, 6) is -0.0834. The maximum atomic E-state index is 14.1. The monoisotopic (exact) mass is 324 g/mol. The first-order valence-electron chi connectivity index (χ1n) is 6.76. The van der Waals surface area contributed by atoms with Gasteiger partial charge in [0.1, 0.15) is 12.0 Å². The number of aliphatic hydroxyl groups excluding tert-OH is 1. The number of fused-ring (bicyclic) bond motifs is 1. The van der Waals surface area contributed by atoms with Crippen LogP contribution in [0.1, 0.15) is 24.4 Å². The van der Waals surface area contributed by atoms with Crippen LogP contribution in [0.3, 0.4) is 0 Å². The third kappa shape index (κ3) is 2.64. The minimum atomic E-state index is -0.900. The molecule has 3 N–H and O–H groups in total. The van der Waals surface area contributed by atoms with Crippen LogP contribution in [0.25, 0.3) is 11.4 Å². The molecule has 0 bridgehead atoms. The lowest BCUT2D eigenvalue weighted by Gasteiger charge is -2.13. The normalized spacial score (nSPS) is 16.6. The highest BCUT2D eigenvalue weighted by Gasteiger charge is 2.28. The van der Waals surface area contributed by atoms with Crippen LogP contribution in [-0.2, 0) is 11.4 Å². The molecule has 8 heteroatoms. The fraction of sp³-hybridized carbons (Fsp3) is 0.286. The molecule has 6 nitrogen and oxygen atoms in total. The third-order valence-electron chi connectivity index (χ3n) is 3.26. The van der Waals surface area contributed by atoms with Crippen LogP contribution >= 0.6 is 11.6 Å². The van der Waals surface area contributed by atoms with Crippen molar-refractivity contribution in [3.8, 4) is 11.4 Å². The Morgan fingerprint density at radius 1 is 1.50 bits per heavy atom. The van der Waals surface area contributed by atoms with Gasteiger partial charge < -0.3 is 5.11 Å². The van der Waals surface area contributed by atoms with Gasteiger partial charge in [0, 0.05) is 6.54 Å². The number of hydrogen-bond acceptors (Lipinski definition) is 6. The van der Waals surface area contributed by atoms with E-state index in [1.165, 1.54) is 12.1 Å². The Morgan fingerprint density at radius 2 is 2.32 bits per heavy atom. The van der Waals surface area contributed by atoms with E-state index in [2.05, 4.69) is 20.8 Å². The Hall–Kier alpha value is -1.80. The number of anilines is 1. The number of rotatable bonds is 4. The van der Waals surface area contributed by atoms with Crippen molar-refractivity contribution in [1.29, 1.82) is 0 Å². The summed E-state index contributed by atoms with van der Waals surface area (Å²) in [5.41, 5.74) is 3.83. The molecule has 0 spiro atoms. The molecule has 1 aliphatic rings. The minimum Gasteiger partial charge on any atom is -0.374 e. The van der Waals surface area contributed by atoms with Crippen molar-refractivity contribution in [2.24, 2.45) is 0 Å². The predicted octanol–water partition coefficient (Wildman–Crippen LogP) is 2.39. The predicted molar refractivity (Wildman–Crippen MR) is 79.5 cm³/mol. The molecule has 22 heavy (non-hydrogen) atoms. The minimum absolute atomic E-state index is 0.118. The fourth-order valence-corrected chi connectivity index (χ4v) is 2.52. The van der Waals surface area contributed by atoms with Gasteiger partial charge >= 0.3 is 0 Å². The molecule has 0 radical (unpaired) electrons. The first-order valence-corrected chi connectivity index (χ1v) is 7.14. The van der Waals surface area contributed by atoms with Gasteiger partial charge in [-0.2, -0.15) is 0 Å². The van der Waals surface area contributed by atoms with E-state index in [-0.39, 0.29) is 16.4 Å². The Balaban J connectivity index is 2.14. The van der Waals surface area contributed by atoms with Crippen molar-refractivity contribution in [3.63, 3.8) is 0 Å². The van der Waals surface area contributed by atoms with E-state index in [1.807, 2.05) is 0 Å². The molecule has 1 aromatic heterocycles. The Kier molecular flexibility index (Phi) is 4.21. The Bertz CT molecular complexity index is 693. The van der Waals surface area contributed by atoms with Crippen LogP contribution in [0.4, 0.5) is 10.2 Å². The van der Waals surface area contributed by atoms with Gasteiger partial charge in [-0.25, -0.2) is 19.8 Å². The van der Waals surface area contributed by atoms with E-state index in [0.29, 0.717) is 30.2 Å². The molecule has 0 saturated carbocycles. The number of aromatic nitrogens is 2. The van der Waals surface area contributed by atoms with E-state index in [0.717, 1.165) is 0 Å². The highest BCUT2D eigenvalue weighted by Crippen LogP contribution is 2.34. The number of nitrogens with zero attached hydrogens (tertiary/aromatic N) is 2. The fourth-order valence-electron chi connectivity index (χ4n) is 2.27. The van der Waals surface area contributed by atoms with Gasteiger partial charge in [-0.3, -0.25) is 10.2 Å². The molecule has 0 fully saturated rings. The SMILES string of the molecule is CCONc1nc(-c2c(F)cccc2Cl)nc2c1C(O)NC2. The van der Waals surface area contributed by atoms with Crippen LogP contribution in [0.2, 0.25) is 5.02 Å². The highest BCUT2D eigenvalue weighted by atomic mass is 35.5. The summed E-state index contributed by atoms with van der Waals surface area (Å²) in [7, 11) is 0. The second-order valence-electron chi connectivity index (χ2n) is 4.67. The summed E-state index contributed by atoms with van der Waals surface area (Å²) in [5, 5.41) is 13.0. The van der Waals surface area contributed by atoms with Crippen molar-refractivity contribution in [1.82, 2.24) is 15.3 Å². The molecular weight excluding hydrogens is 311 g/mol. The average molecular weight is 325 g/mol. The van der Waals surface area contributed by atoms with E-state index < -0.39 is 12.0 Å². The molecule has 1 aliphatic heterocycles. The zero-order chi connectivity index (χ0) is 15.7. The number of hydrogen-bond donors (Lipinski definition) is 3. The Labute approximate surface area is 131 Å². The summed E-state index contributed by atoms with van der Waals surface area (Å²) >= 11 is 6.06. The smallest absolute Gasteiger partial charge is 0.166 e. The van der Waals surface area contributed by atoms with E-state index in [9.17, 15) is 9.50 Å². The van der Waals surface area contributed by atoms with Crippen molar-refractivity contribution in [2.45, 2.75) is 19.7 Å². The molecule has 116 valence electrons. The topological polar surface area (TPSA) is 79.3 Å². The molecule has 3 rings (SSSR count). The highest BCUT2D eigenvalue weighted by molar-refractivity contribution is 6.33. The van der Waals surface area contributed by atoms with Crippen molar-refractivity contribution in [2.75, 3.05) is 12.1 Å². The summed E-state index contributed by atoms with van der Waals surface area (Å²) in [6, 6.07) is 4.37. The number of halogens is 2. The molecular formula is C14H14ClFN4O2. The molecule has 2 heterocycles. The second kappa shape index (κ2) is 6.13. The molecule has 1 atom stereocenters. The van der Waals surface area contributed by atoms with Crippen LogP contribution in [-0.4, -0.2) is 21.7 Å². The number of aliphatic hydroxyl groups is 1. The van der Waals surface area contributed by atoms with Crippen LogP contribution in [0, 0.1) is 5.82 Å². The zero-order valence-corrected chi connectivity index (χ0v) is 12.5. The van der Waals surface area contributed by atoms with E-state index in [4.69, 9.17) is 16.4 Å². The summed E-state index contributed by atoms with van der Waals surface area (Å²) in [6.45, 7) is 2.55. The summed E-state index contributed by atoms with van der Waals surface area (Å²) in [6.07, 6.45) is -0.900. The maximum absolute atomic E-state index is 14.1. The lowest BCUT2D eigenvalue weighted by Crippen LogP contribution is -2.13. The molecule has 0 saturated heterocycles. The largest absolute Gasteiger partial charge is 0.374 e. The number of benzene rings is 1. The molecule has 0 aliphatic carbocycles. The van der Waals surface area contributed by atoms with Gasteiger partial charge in [0.2, 0.25) is 0 Å². The van der Waals surface area contributed by atoms with Gasteiger partial charge in [0.25, 0.3) is 0 Å².